The van der Waals surface area contributed by atoms with E-state index in [1.54, 1.807) is 6.20 Å². The number of benzene rings is 1. The minimum Gasteiger partial charge on any atom is -0.379 e. The van der Waals surface area contributed by atoms with Crippen LogP contribution in [0.5, 0.6) is 0 Å². The molecule has 21 heavy (non-hydrogen) atoms. The monoisotopic (exact) mass is 287 g/mol. The lowest BCUT2D eigenvalue weighted by atomic mass is 9.95. The predicted octanol–water partition coefficient (Wildman–Crippen LogP) is 2.72. The molecule has 0 fully saturated rings. The van der Waals surface area contributed by atoms with E-state index < -0.39 is 0 Å². The van der Waals surface area contributed by atoms with Gasteiger partial charge >= 0.3 is 0 Å². The Labute approximate surface area is 127 Å². The second-order valence-electron chi connectivity index (χ2n) is 6.08. The van der Waals surface area contributed by atoms with Crippen LogP contribution in [-0.4, -0.2) is 29.5 Å². The van der Waals surface area contributed by atoms with Gasteiger partial charge in [0.25, 0.3) is 0 Å². The van der Waals surface area contributed by atoms with Crippen molar-refractivity contribution < 1.29 is 4.74 Å². The third-order valence-electron chi connectivity index (χ3n) is 3.29. The normalized spacial score (nSPS) is 11.7. The zero-order chi connectivity index (χ0) is 15.0. The van der Waals surface area contributed by atoms with Crippen LogP contribution in [0.25, 0.3) is 0 Å². The molecule has 2 aromatic rings. The van der Waals surface area contributed by atoms with E-state index in [1.807, 2.05) is 23.0 Å². The first-order valence-corrected chi connectivity index (χ1v) is 7.46. The average molecular weight is 287 g/mol. The zero-order valence-electron chi connectivity index (χ0n) is 13.0. The molecule has 0 radical (unpaired) electrons. The summed E-state index contributed by atoms with van der Waals surface area (Å²) in [5, 5.41) is 7.66. The lowest BCUT2D eigenvalue weighted by Gasteiger charge is -2.25. The summed E-state index contributed by atoms with van der Waals surface area (Å²) < 4.78 is 7.66. The van der Waals surface area contributed by atoms with E-state index >= 15 is 0 Å². The Morgan fingerprint density at radius 1 is 1.19 bits per heavy atom. The van der Waals surface area contributed by atoms with E-state index in [0.29, 0.717) is 6.61 Å². The SMILES string of the molecule is CC(C)(CNCc1ccccc1)COCCn1cccn1. The van der Waals surface area contributed by atoms with Crippen molar-refractivity contribution >= 4 is 0 Å². The van der Waals surface area contributed by atoms with Crippen molar-refractivity contribution in [2.24, 2.45) is 5.41 Å². The maximum absolute atomic E-state index is 5.77. The lowest BCUT2D eigenvalue weighted by molar-refractivity contribution is 0.0558. The number of rotatable bonds is 9. The van der Waals surface area contributed by atoms with Crippen LogP contribution < -0.4 is 5.32 Å². The molecule has 0 unspecified atom stereocenters. The van der Waals surface area contributed by atoms with Gasteiger partial charge in [-0.25, -0.2) is 0 Å². The molecule has 4 heteroatoms. The molecule has 0 saturated heterocycles. The van der Waals surface area contributed by atoms with Crippen molar-refractivity contribution in [3.8, 4) is 0 Å². The summed E-state index contributed by atoms with van der Waals surface area (Å²) in [6, 6.07) is 12.4. The highest BCUT2D eigenvalue weighted by molar-refractivity contribution is 5.14. The number of hydrogen-bond acceptors (Lipinski definition) is 3. The number of aromatic nitrogens is 2. The maximum Gasteiger partial charge on any atom is 0.0662 e. The van der Waals surface area contributed by atoms with E-state index in [2.05, 4.69) is 48.5 Å². The van der Waals surface area contributed by atoms with Crippen LogP contribution in [0.4, 0.5) is 0 Å². The second kappa shape index (κ2) is 7.96. The highest BCUT2D eigenvalue weighted by Crippen LogP contribution is 2.14. The van der Waals surface area contributed by atoms with E-state index in [1.165, 1.54) is 5.56 Å². The fraction of sp³-hybridized carbons (Fsp3) is 0.471. The molecule has 0 saturated carbocycles. The Morgan fingerprint density at radius 3 is 2.71 bits per heavy atom. The Kier molecular flexibility index (Phi) is 5.96. The minimum atomic E-state index is 0.124. The fourth-order valence-electron chi connectivity index (χ4n) is 2.13. The summed E-state index contributed by atoms with van der Waals surface area (Å²) in [4.78, 5) is 0. The number of nitrogens with zero attached hydrogens (tertiary/aromatic N) is 2. The molecule has 114 valence electrons. The molecular weight excluding hydrogens is 262 g/mol. The Balaban J connectivity index is 1.60. The topological polar surface area (TPSA) is 39.1 Å². The Morgan fingerprint density at radius 2 is 2.00 bits per heavy atom. The van der Waals surface area contributed by atoms with Crippen molar-refractivity contribution in [1.29, 1.82) is 0 Å². The lowest BCUT2D eigenvalue weighted by Crippen LogP contribution is -2.33. The van der Waals surface area contributed by atoms with Crippen molar-refractivity contribution in [3.63, 3.8) is 0 Å². The molecular formula is C17H25N3O. The molecule has 0 aliphatic heterocycles. The van der Waals surface area contributed by atoms with Crippen molar-refractivity contribution in [3.05, 3.63) is 54.4 Å². The molecule has 2 rings (SSSR count). The quantitative estimate of drug-likeness (QED) is 0.721. The molecule has 0 atom stereocenters. The van der Waals surface area contributed by atoms with E-state index in [9.17, 15) is 0 Å². The van der Waals surface area contributed by atoms with Crippen LogP contribution in [-0.2, 0) is 17.8 Å². The molecule has 1 aromatic heterocycles. The van der Waals surface area contributed by atoms with Crippen molar-refractivity contribution in [2.75, 3.05) is 19.8 Å². The minimum absolute atomic E-state index is 0.124. The standard InChI is InChI=1S/C17H25N3O/c1-17(2,14-18-13-16-7-4-3-5-8-16)15-21-12-11-20-10-6-9-19-20/h3-10,18H,11-15H2,1-2H3. The summed E-state index contributed by atoms with van der Waals surface area (Å²) in [5.74, 6) is 0. The van der Waals surface area contributed by atoms with Gasteiger partial charge in [0.15, 0.2) is 0 Å². The van der Waals surface area contributed by atoms with Crippen molar-refractivity contribution in [2.45, 2.75) is 26.9 Å². The molecule has 1 N–H and O–H groups in total. The first-order valence-electron chi connectivity index (χ1n) is 7.46. The van der Waals surface area contributed by atoms with Gasteiger partial charge in [0.1, 0.15) is 0 Å². The van der Waals surface area contributed by atoms with Gasteiger partial charge in [-0.15, -0.1) is 0 Å². The smallest absolute Gasteiger partial charge is 0.0662 e. The molecule has 0 aliphatic carbocycles. The highest BCUT2D eigenvalue weighted by Gasteiger charge is 2.17. The fourth-order valence-corrected chi connectivity index (χ4v) is 2.13. The van der Waals surface area contributed by atoms with Gasteiger partial charge < -0.3 is 10.1 Å². The summed E-state index contributed by atoms with van der Waals surface area (Å²) >= 11 is 0. The zero-order valence-corrected chi connectivity index (χ0v) is 13.0. The van der Waals surface area contributed by atoms with Crippen LogP contribution in [0.15, 0.2) is 48.8 Å². The van der Waals surface area contributed by atoms with Gasteiger partial charge in [0, 0.05) is 30.9 Å². The molecule has 0 bridgehead atoms. The van der Waals surface area contributed by atoms with E-state index in [0.717, 1.165) is 26.2 Å². The second-order valence-corrected chi connectivity index (χ2v) is 6.08. The van der Waals surface area contributed by atoms with Gasteiger partial charge in [-0.3, -0.25) is 4.68 Å². The van der Waals surface area contributed by atoms with Crippen LogP contribution in [0.1, 0.15) is 19.4 Å². The molecule has 0 amide bonds. The van der Waals surface area contributed by atoms with Crippen LogP contribution >= 0.6 is 0 Å². The first-order chi connectivity index (χ1) is 10.2. The van der Waals surface area contributed by atoms with Crippen molar-refractivity contribution in [1.82, 2.24) is 15.1 Å². The number of ether oxygens (including phenoxy) is 1. The van der Waals surface area contributed by atoms with Gasteiger partial charge in [-0.1, -0.05) is 44.2 Å². The maximum atomic E-state index is 5.77. The number of nitrogens with one attached hydrogen (secondary N) is 1. The van der Waals surface area contributed by atoms with Crippen LogP contribution in [0, 0.1) is 5.41 Å². The molecule has 0 aliphatic rings. The first kappa shape index (κ1) is 15.7. The predicted molar refractivity (Wildman–Crippen MR) is 85.0 cm³/mol. The summed E-state index contributed by atoms with van der Waals surface area (Å²) in [6.07, 6.45) is 3.74. The third-order valence-corrected chi connectivity index (χ3v) is 3.29. The molecule has 4 nitrogen and oxygen atoms in total. The van der Waals surface area contributed by atoms with Gasteiger partial charge in [-0.2, -0.15) is 5.10 Å². The average Bonchev–Trinajstić information content (AvgIpc) is 2.98. The molecule has 0 spiro atoms. The molecule has 1 aromatic carbocycles. The molecule has 1 heterocycles. The van der Waals surface area contributed by atoms with Gasteiger partial charge in [-0.05, 0) is 11.6 Å². The van der Waals surface area contributed by atoms with Crippen LogP contribution in [0.3, 0.4) is 0 Å². The third kappa shape index (κ3) is 6.10. The van der Waals surface area contributed by atoms with Crippen LogP contribution in [0.2, 0.25) is 0 Å². The highest BCUT2D eigenvalue weighted by atomic mass is 16.5. The van der Waals surface area contributed by atoms with E-state index in [4.69, 9.17) is 4.74 Å². The van der Waals surface area contributed by atoms with Gasteiger partial charge in [0.05, 0.1) is 19.8 Å². The number of hydrogen-bond donors (Lipinski definition) is 1. The van der Waals surface area contributed by atoms with Gasteiger partial charge in [0.2, 0.25) is 0 Å². The summed E-state index contributed by atoms with van der Waals surface area (Å²) in [5.41, 5.74) is 1.44. The summed E-state index contributed by atoms with van der Waals surface area (Å²) in [6.45, 7) is 8.53. The van der Waals surface area contributed by atoms with E-state index in [-0.39, 0.29) is 5.41 Å². The Bertz CT molecular complexity index is 494. The summed E-state index contributed by atoms with van der Waals surface area (Å²) in [7, 11) is 0. The largest absolute Gasteiger partial charge is 0.379 e. The Hall–Kier alpha value is -1.65.